The zero-order valence-corrected chi connectivity index (χ0v) is 17.1. The van der Waals surface area contributed by atoms with Crippen LogP contribution in [0.15, 0.2) is 10.8 Å². The molecule has 3 rings (SSSR count). The van der Waals surface area contributed by atoms with Gasteiger partial charge in [-0.3, -0.25) is 0 Å². The molecule has 1 spiro atoms. The molecule has 1 aromatic heterocycles. The van der Waals surface area contributed by atoms with Crippen LogP contribution in [-0.2, 0) is 26.9 Å². The third kappa shape index (κ3) is 4.09. The summed E-state index contributed by atoms with van der Waals surface area (Å²) in [5.74, 6) is 0.554. The molecule has 1 aromatic rings. The number of ether oxygens (including phenoxy) is 2. The zero-order valence-electron chi connectivity index (χ0n) is 15.5. The molecule has 0 bridgehead atoms. The third-order valence-corrected chi connectivity index (χ3v) is 5.51. The quantitative estimate of drug-likeness (QED) is 0.768. The molecule has 0 amide bonds. The summed E-state index contributed by atoms with van der Waals surface area (Å²) < 4.78 is 14.4. The molecule has 1 saturated heterocycles. The van der Waals surface area contributed by atoms with Crippen molar-refractivity contribution in [3.05, 3.63) is 16.6 Å². The van der Waals surface area contributed by atoms with Gasteiger partial charge in [0, 0.05) is 13.2 Å². The molecule has 0 atom stereocenters. The first-order chi connectivity index (χ1) is 11.6. The van der Waals surface area contributed by atoms with Crippen LogP contribution in [0, 0.1) is 5.41 Å². The Morgan fingerprint density at radius 3 is 2.52 bits per heavy atom. The molecule has 6 nitrogen and oxygen atoms in total. The molecule has 1 aliphatic carbocycles. The lowest BCUT2D eigenvalue weighted by Crippen LogP contribution is -2.56. The SMILES string of the molecule is Cn1cc(Br)nc1C1(OCC(=O)OC(C)(C)C)CC2(CCNCC2)C1. The van der Waals surface area contributed by atoms with Gasteiger partial charge < -0.3 is 19.4 Å². The minimum absolute atomic E-state index is 0.0456. The number of piperidine rings is 1. The molecular weight excluding hydrogens is 386 g/mol. The molecule has 2 fully saturated rings. The molecule has 2 aliphatic rings. The van der Waals surface area contributed by atoms with Gasteiger partial charge in [0.25, 0.3) is 0 Å². The van der Waals surface area contributed by atoms with Gasteiger partial charge in [0.2, 0.25) is 0 Å². The van der Waals surface area contributed by atoms with E-state index in [4.69, 9.17) is 9.47 Å². The third-order valence-electron chi connectivity index (χ3n) is 5.13. The number of aromatic nitrogens is 2. The Labute approximate surface area is 157 Å². The van der Waals surface area contributed by atoms with Gasteiger partial charge in [-0.05, 0) is 80.9 Å². The van der Waals surface area contributed by atoms with Crippen molar-refractivity contribution in [2.75, 3.05) is 19.7 Å². The summed E-state index contributed by atoms with van der Waals surface area (Å²) in [7, 11) is 1.97. The van der Waals surface area contributed by atoms with Crippen LogP contribution in [0.1, 0.15) is 52.3 Å². The molecule has 1 aliphatic heterocycles. The second-order valence-corrected chi connectivity index (χ2v) is 9.28. The van der Waals surface area contributed by atoms with E-state index in [2.05, 4.69) is 26.2 Å². The Balaban J connectivity index is 1.75. The fraction of sp³-hybridized carbons (Fsp3) is 0.778. The summed E-state index contributed by atoms with van der Waals surface area (Å²) in [4.78, 5) is 16.8. The Morgan fingerprint density at radius 2 is 2.00 bits per heavy atom. The van der Waals surface area contributed by atoms with Crippen molar-refractivity contribution >= 4 is 21.9 Å². The molecule has 7 heteroatoms. The highest BCUT2D eigenvalue weighted by atomic mass is 79.9. The largest absolute Gasteiger partial charge is 0.458 e. The topological polar surface area (TPSA) is 65.4 Å². The number of hydrogen-bond acceptors (Lipinski definition) is 5. The van der Waals surface area contributed by atoms with E-state index in [-0.39, 0.29) is 12.6 Å². The summed E-state index contributed by atoms with van der Waals surface area (Å²) in [6.45, 7) is 7.65. The van der Waals surface area contributed by atoms with E-state index in [1.54, 1.807) is 0 Å². The average Bonchev–Trinajstić information content (AvgIpc) is 2.81. The fourth-order valence-electron chi connectivity index (χ4n) is 4.22. The van der Waals surface area contributed by atoms with Crippen LogP contribution < -0.4 is 5.32 Å². The van der Waals surface area contributed by atoms with E-state index in [0.29, 0.717) is 5.41 Å². The first kappa shape index (κ1) is 18.9. The van der Waals surface area contributed by atoms with Crippen LogP contribution in [0.4, 0.5) is 0 Å². The Bertz CT molecular complexity index is 636. The lowest BCUT2D eigenvalue weighted by molar-refractivity contribution is -0.205. The summed E-state index contributed by atoms with van der Waals surface area (Å²) in [6, 6.07) is 0. The van der Waals surface area contributed by atoms with Crippen LogP contribution in [0.25, 0.3) is 0 Å². The monoisotopic (exact) mass is 413 g/mol. The Kier molecular flexibility index (Phi) is 5.03. The summed E-state index contributed by atoms with van der Waals surface area (Å²) >= 11 is 3.45. The molecule has 2 heterocycles. The van der Waals surface area contributed by atoms with Crippen LogP contribution in [0.5, 0.6) is 0 Å². The average molecular weight is 414 g/mol. The molecule has 140 valence electrons. The number of nitrogens with one attached hydrogen (secondary N) is 1. The van der Waals surface area contributed by atoms with E-state index < -0.39 is 11.2 Å². The minimum Gasteiger partial charge on any atom is -0.458 e. The summed E-state index contributed by atoms with van der Waals surface area (Å²) in [5.41, 5.74) is -0.706. The van der Waals surface area contributed by atoms with Crippen molar-refractivity contribution in [2.24, 2.45) is 12.5 Å². The summed E-state index contributed by atoms with van der Waals surface area (Å²) in [5, 5.41) is 3.42. The van der Waals surface area contributed by atoms with Gasteiger partial charge in [-0.2, -0.15) is 0 Å². The van der Waals surface area contributed by atoms with E-state index in [9.17, 15) is 4.79 Å². The standard InChI is InChI=1S/C18H28BrN3O3/c1-16(2,3)25-14(23)10-24-18(15-21-13(19)9-22(15)4)11-17(12-18)5-7-20-8-6-17/h9,20H,5-8,10-12H2,1-4H3. The number of nitrogens with zero attached hydrogens (tertiary/aromatic N) is 2. The van der Waals surface area contributed by atoms with Crippen LogP contribution in [0.3, 0.4) is 0 Å². The number of esters is 1. The smallest absolute Gasteiger partial charge is 0.332 e. The molecule has 0 unspecified atom stereocenters. The highest BCUT2D eigenvalue weighted by molar-refractivity contribution is 9.10. The first-order valence-corrected chi connectivity index (χ1v) is 9.68. The van der Waals surface area contributed by atoms with Crippen molar-refractivity contribution in [1.82, 2.24) is 14.9 Å². The number of hydrogen-bond donors (Lipinski definition) is 1. The molecular formula is C18H28BrN3O3. The van der Waals surface area contributed by atoms with Gasteiger partial charge in [-0.1, -0.05) is 0 Å². The van der Waals surface area contributed by atoms with E-state index in [1.165, 1.54) is 0 Å². The van der Waals surface area contributed by atoms with Crippen LogP contribution in [-0.4, -0.2) is 40.8 Å². The van der Waals surface area contributed by atoms with Crippen molar-refractivity contribution < 1.29 is 14.3 Å². The highest BCUT2D eigenvalue weighted by Gasteiger charge is 2.58. The van der Waals surface area contributed by atoms with E-state index >= 15 is 0 Å². The molecule has 1 N–H and O–H groups in total. The molecule has 1 saturated carbocycles. The Hall–Kier alpha value is -0.920. The number of aryl methyl sites for hydroxylation is 1. The number of rotatable bonds is 4. The van der Waals surface area contributed by atoms with Gasteiger partial charge in [0.05, 0.1) is 0 Å². The predicted octanol–water partition coefficient (Wildman–Crippen LogP) is 2.90. The van der Waals surface area contributed by atoms with Gasteiger partial charge in [0.15, 0.2) is 0 Å². The second kappa shape index (κ2) is 6.67. The van der Waals surface area contributed by atoms with Crippen LogP contribution >= 0.6 is 15.9 Å². The van der Waals surface area contributed by atoms with Gasteiger partial charge in [0.1, 0.15) is 28.2 Å². The van der Waals surface area contributed by atoms with Gasteiger partial charge in [-0.25, -0.2) is 9.78 Å². The van der Waals surface area contributed by atoms with Crippen molar-refractivity contribution in [2.45, 2.75) is 57.7 Å². The van der Waals surface area contributed by atoms with E-state index in [0.717, 1.165) is 49.2 Å². The second-order valence-electron chi connectivity index (χ2n) is 8.47. The van der Waals surface area contributed by atoms with E-state index in [1.807, 2.05) is 38.6 Å². The fourth-order valence-corrected chi connectivity index (χ4v) is 4.69. The maximum absolute atomic E-state index is 12.1. The predicted molar refractivity (Wildman–Crippen MR) is 98.2 cm³/mol. The number of carbonyl (C=O) groups is 1. The first-order valence-electron chi connectivity index (χ1n) is 8.89. The lowest BCUT2D eigenvalue weighted by Gasteiger charge is -2.56. The number of halogens is 1. The maximum atomic E-state index is 12.1. The van der Waals surface area contributed by atoms with Gasteiger partial charge >= 0.3 is 5.97 Å². The van der Waals surface area contributed by atoms with Crippen molar-refractivity contribution in [3.63, 3.8) is 0 Å². The van der Waals surface area contributed by atoms with Crippen molar-refractivity contribution in [1.29, 1.82) is 0 Å². The van der Waals surface area contributed by atoms with Crippen LogP contribution in [0.2, 0.25) is 0 Å². The number of imidazole rings is 1. The minimum atomic E-state index is -0.505. The molecule has 0 radical (unpaired) electrons. The summed E-state index contributed by atoms with van der Waals surface area (Å²) in [6.07, 6.45) is 6.04. The normalized spacial score (nSPS) is 21.8. The van der Waals surface area contributed by atoms with Crippen molar-refractivity contribution in [3.8, 4) is 0 Å². The lowest BCUT2D eigenvalue weighted by atomic mass is 9.55. The maximum Gasteiger partial charge on any atom is 0.332 e. The zero-order chi connectivity index (χ0) is 18.3. The number of carbonyl (C=O) groups excluding carboxylic acids is 1. The Morgan fingerprint density at radius 1 is 1.36 bits per heavy atom. The molecule has 0 aromatic carbocycles. The molecule has 25 heavy (non-hydrogen) atoms. The van der Waals surface area contributed by atoms with Gasteiger partial charge in [-0.15, -0.1) is 0 Å². The highest BCUT2D eigenvalue weighted by Crippen LogP contribution is 2.60.